The van der Waals surface area contributed by atoms with Gasteiger partial charge in [-0.2, -0.15) is 0 Å². The van der Waals surface area contributed by atoms with Crippen LogP contribution >= 0.6 is 0 Å². The van der Waals surface area contributed by atoms with Gasteiger partial charge in [-0.3, -0.25) is 4.79 Å². The van der Waals surface area contributed by atoms with Gasteiger partial charge in [0.2, 0.25) is 5.91 Å². The SMILES string of the molecule is CNC1(CC(=O)N(C)C(C)C(C)C)CCCCC1. The average molecular weight is 254 g/mol. The van der Waals surface area contributed by atoms with Crippen LogP contribution in [0.2, 0.25) is 0 Å². The van der Waals surface area contributed by atoms with Crippen LogP contribution in [0.5, 0.6) is 0 Å². The van der Waals surface area contributed by atoms with Crippen LogP contribution in [0.1, 0.15) is 59.3 Å². The molecule has 1 unspecified atom stereocenters. The summed E-state index contributed by atoms with van der Waals surface area (Å²) in [7, 11) is 3.95. The highest BCUT2D eigenvalue weighted by Crippen LogP contribution is 2.31. The molecule has 1 saturated carbocycles. The molecule has 3 heteroatoms. The van der Waals surface area contributed by atoms with Gasteiger partial charge in [0.15, 0.2) is 0 Å². The first-order valence-corrected chi connectivity index (χ1v) is 7.36. The van der Waals surface area contributed by atoms with E-state index in [9.17, 15) is 4.79 Å². The van der Waals surface area contributed by atoms with E-state index in [1.807, 2.05) is 19.0 Å². The molecule has 18 heavy (non-hydrogen) atoms. The minimum absolute atomic E-state index is 0.0558. The van der Waals surface area contributed by atoms with Crippen LogP contribution in [0, 0.1) is 5.92 Å². The Labute approximate surface area is 112 Å². The first-order valence-electron chi connectivity index (χ1n) is 7.36. The summed E-state index contributed by atoms with van der Waals surface area (Å²) >= 11 is 0. The van der Waals surface area contributed by atoms with Gasteiger partial charge in [-0.05, 0) is 32.7 Å². The Morgan fingerprint density at radius 1 is 1.22 bits per heavy atom. The highest BCUT2D eigenvalue weighted by Gasteiger charge is 2.34. The highest BCUT2D eigenvalue weighted by molar-refractivity contribution is 5.77. The lowest BCUT2D eigenvalue weighted by atomic mass is 9.79. The number of nitrogens with one attached hydrogen (secondary N) is 1. The van der Waals surface area contributed by atoms with Gasteiger partial charge in [0.25, 0.3) is 0 Å². The Bertz CT molecular complexity index is 270. The van der Waals surface area contributed by atoms with Crippen molar-refractivity contribution in [1.29, 1.82) is 0 Å². The monoisotopic (exact) mass is 254 g/mol. The molecule has 1 N–H and O–H groups in total. The van der Waals surface area contributed by atoms with Crippen LogP contribution in [0.15, 0.2) is 0 Å². The molecule has 3 nitrogen and oxygen atoms in total. The van der Waals surface area contributed by atoms with Crippen LogP contribution in [-0.2, 0) is 4.79 Å². The molecule has 0 heterocycles. The predicted molar refractivity (Wildman–Crippen MR) is 76.6 cm³/mol. The summed E-state index contributed by atoms with van der Waals surface area (Å²) in [5, 5.41) is 3.42. The lowest BCUT2D eigenvalue weighted by Gasteiger charge is -2.39. The number of hydrogen-bond acceptors (Lipinski definition) is 2. The quantitative estimate of drug-likeness (QED) is 0.818. The van der Waals surface area contributed by atoms with Gasteiger partial charge in [-0.25, -0.2) is 0 Å². The summed E-state index contributed by atoms with van der Waals surface area (Å²) in [5.74, 6) is 0.795. The first-order chi connectivity index (χ1) is 8.42. The van der Waals surface area contributed by atoms with Gasteiger partial charge in [-0.15, -0.1) is 0 Å². The third kappa shape index (κ3) is 3.71. The van der Waals surface area contributed by atoms with Crippen LogP contribution in [-0.4, -0.2) is 36.5 Å². The van der Waals surface area contributed by atoms with E-state index in [0.29, 0.717) is 18.4 Å². The smallest absolute Gasteiger partial charge is 0.224 e. The lowest BCUT2D eigenvalue weighted by molar-refractivity contribution is -0.134. The normalized spacial score (nSPS) is 20.8. The summed E-state index contributed by atoms with van der Waals surface area (Å²) in [6, 6.07) is 0.315. The van der Waals surface area contributed by atoms with Crippen molar-refractivity contribution < 1.29 is 4.79 Å². The molecule has 1 aliphatic rings. The van der Waals surface area contributed by atoms with Gasteiger partial charge in [0, 0.05) is 25.0 Å². The third-order valence-corrected chi connectivity index (χ3v) is 4.80. The standard InChI is InChI=1S/C15H30N2O/c1-12(2)13(3)17(5)14(18)11-15(16-4)9-7-6-8-10-15/h12-13,16H,6-11H2,1-5H3. The van der Waals surface area contributed by atoms with Crippen molar-refractivity contribution in [2.45, 2.75) is 70.9 Å². The van der Waals surface area contributed by atoms with Gasteiger partial charge < -0.3 is 10.2 Å². The maximum absolute atomic E-state index is 12.4. The molecule has 0 aliphatic heterocycles. The molecular weight excluding hydrogens is 224 g/mol. The molecule has 1 fully saturated rings. The molecule has 0 radical (unpaired) electrons. The van der Waals surface area contributed by atoms with E-state index in [1.165, 1.54) is 19.3 Å². The fourth-order valence-corrected chi connectivity index (χ4v) is 2.83. The average Bonchev–Trinajstić information content (AvgIpc) is 2.37. The van der Waals surface area contributed by atoms with Crippen molar-refractivity contribution >= 4 is 5.91 Å². The van der Waals surface area contributed by atoms with Crippen LogP contribution in [0.25, 0.3) is 0 Å². The second-order valence-corrected chi connectivity index (χ2v) is 6.26. The van der Waals surface area contributed by atoms with E-state index < -0.39 is 0 Å². The van der Waals surface area contributed by atoms with Crippen LogP contribution < -0.4 is 5.32 Å². The number of carbonyl (C=O) groups is 1. The van der Waals surface area contributed by atoms with Gasteiger partial charge in [0.1, 0.15) is 0 Å². The Morgan fingerprint density at radius 2 is 1.78 bits per heavy atom. The molecule has 1 amide bonds. The fraction of sp³-hybridized carbons (Fsp3) is 0.933. The zero-order valence-electron chi connectivity index (χ0n) is 12.8. The summed E-state index contributed by atoms with van der Waals surface area (Å²) in [5.41, 5.74) is 0.0558. The topological polar surface area (TPSA) is 32.3 Å². The molecule has 106 valence electrons. The molecule has 1 aliphatic carbocycles. The molecule has 1 rings (SSSR count). The van der Waals surface area contributed by atoms with Crippen LogP contribution in [0.4, 0.5) is 0 Å². The molecule has 0 aromatic carbocycles. The summed E-state index contributed by atoms with van der Waals surface area (Å²) in [4.78, 5) is 14.3. The van der Waals surface area contributed by atoms with Gasteiger partial charge >= 0.3 is 0 Å². The minimum Gasteiger partial charge on any atom is -0.343 e. The number of carbonyl (C=O) groups excluding carboxylic acids is 1. The molecule has 0 spiro atoms. The van der Waals surface area contributed by atoms with Gasteiger partial charge in [0.05, 0.1) is 0 Å². The number of hydrogen-bond donors (Lipinski definition) is 1. The Hall–Kier alpha value is -0.570. The number of rotatable bonds is 5. The van der Waals surface area contributed by atoms with Crippen LogP contribution in [0.3, 0.4) is 0 Å². The van der Waals surface area contributed by atoms with Crippen molar-refractivity contribution in [1.82, 2.24) is 10.2 Å². The minimum atomic E-state index is 0.0558. The lowest BCUT2D eigenvalue weighted by Crippen LogP contribution is -2.50. The molecule has 0 saturated heterocycles. The third-order valence-electron chi connectivity index (χ3n) is 4.80. The fourth-order valence-electron chi connectivity index (χ4n) is 2.83. The Morgan fingerprint density at radius 3 is 2.22 bits per heavy atom. The second kappa shape index (κ2) is 6.55. The predicted octanol–water partition coefficient (Wildman–Crippen LogP) is 2.80. The van der Waals surface area contributed by atoms with E-state index in [-0.39, 0.29) is 11.4 Å². The first kappa shape index (κ1) is 15.5. The van der Waals surface area contributed by atoms with E-state index in [1.54, 1.807) is 0 Å². The van der Waals surface area contributed by atoms with E-state index in [0.717, 1.165) is 12.8 Å². The zero-order valence-corrected chi connectivity index (χ0v) is 12.8. The van der Waals surface area contributed by atoms with Crippen molar-refractivity contribution in [3.8, 4) is 0 Å². The molecule has 0 aromatic heterocycles. The zero-order chi connectivity index (χ0) is 13.8. The number of nitrogens with zero attached hydrogens (tertiary/aromatic N) is 1. The molecule has 1 atom stereocenters. The van der Waals surface area contributed by atoms with Crippen molar-refractivity contribution in [2.75, 3.05) is 14.1 Å². The maximum atomic E-state index is 12.4. The second-order valence-electron chi connectivity index (χ2n) is 6.26. The summed E-state index contributed by atoms with van der Waals surface area (Å²) in [6.07, 6.45) is 6.74. The molecule has 0 aromatic rings. The van der Waals surface area contributed by atoms with Crippen molar-refractivity contribution in [3.05, 3.63) is 0 Å². The molecular formula is C15H30N2O. The number of amides is 1. The van der Waals surface area contributed by atoms with Crippen molar-refractivity contribution in [3.63, 3.8) is 0 Å². The van der Waals surface area contributed by atoms with E-state index >= 15 is 0 Å². The molecule has 0 bridgehead atoms. The Kier molecular flexibility index (Phi) is 5.64. The van der Waals surface area contributed by atoms with E-state index in [4.69, 9.17) is 0 Å². The van der Waals surface area contributed by atoms with Gasteiger partial charge in [-0.1, -0.05) is 33.1 Å². The summed E-state index contributed by atoms with van der Waals surface area (Å²) < 4.78 is 0. The highest BCUT2D eigenvalue weighted by atomic mass is 16.2. The maximum Gasteiger partial charge on any atom is 0.224 e. The Balaban J connectivity index is 2.61. The van der Waals surface area contributed by atoms with Crippen molar-refractivity contribution in [2.24, 2.45) is 5.92 Å². The largest absolute Gasteiger partial charge is 0.343 e. The summed E-state index contributed by atoms with van der Waals surface area (Å²) in [6.45, 7) is 6.47. The van der Waals surface area contributed by atoms with E-state index in [2.05, 4.69) is 26.1 Å².